The first-order chi connectivity index (χ1) is 24.0. The number of phenolic OH excluding ortho intramolecular Hbond substituents is 1. The third kappa shape index (κ3) is 10.2. The van der Waals surface area contributed by atoms with Gasteiger partial charge < -0.3 is 34.5 Å². The van der Waals surface area contributed by atoms with Crippen LogP contribution < -0.4 is 14.8 Å². The Morgan fingerprint density at radius 3 is 2.08 bits per heavy atom. The van der Waals surface area contributed by atoms with Crippen molar-refractivity contribution < 1.29 is 42.4 Å². The maximum absolute atomic E-state index is 14.5. The second-order valence-corrected chi connectivity index (χ2v) is 15.4. The van der Waals surface area contributed by atoms with E-state index in [1.165, 1.54) is 22.5 Å². The summed E-state index contributed by atoms with van der Waals surface area (Å²) in [5.41, 5.74) is 1.51. The SMILES string of the molecule is Cc1c(O)cccc1C(=O)N[C@@H](Cc1ccccc1)[C@H](O)CN(CC(C)C)S(=O)(=O)c1cc(OC2CCCCO2)cc(OC2CCCCO2)c1. The molecule has 5 rings (SSSR count). The Morgan fingerprint density at radius 2 is 1.52 bits per heavy atom. The fourth-order valence-electron chi connectivity index (χ4n) is 6.17. The summed E-state index contributed by atoms with van der Waals surface area (Å²) in [5.74, 6) is -0.00519. The minimum absolute atomic E-state index is 0.0216. The number of rotatable bonds is 15. The number of aromatic hydroxyl groups is 1. The Hall–Kier alpha value is -3.68. The molecular weight excluding hydrogens is 660 g/mol. The van der Waals surface area contributed by atoms with Crippen LogP contribution in [0, 0.1) is 12.8 Å². The van der Waals surface area contributed by atoms with Crippen LogP contribution in [-0.2, 0) is 25.9 Å². The van der Waals surface area contributed by atoms with Gasteiger partial charge in [-0.15, -0.1) is 0 Å². The number of hydrogen-bond donors (Lipinski definition) is 3. The number of phenols is 1. The topological polar surface area (TPSA) is 144 Å². The van der Waals surface area contributed by atoms with E-state index in [1.807, 2.05) is 44.2 Å². The highest BCUT2D eigenvalue weighted by Crippen LogP contribution is 2.32. The predicted octanol–water partition coefficient (Wildman–Crippen LogP) is 5.56. The van der Waals surface area contributed by atoms with Gasteiger partial charge in [-0.2, -0.15) is 4.31 Å². The fraction of sp³-hybridized carbons (Fsp3) is 0.500. The molecule has 2 fully saturated rings. The van der Waals surface area contributed by atoms with Gasteiger partial charge in [-0.25, -0.2) is 8.42 Å². The summed E-state index contributed by atoms with van der Waals surface area (Å²) < 4.78 is 54.1. The van der Waals surface area contributed by atoms with E-state index in [-0.39, 0.29) is 41.6 Å². The Kier molecular flexibility index (Phi) is 13.2. The number of carbonyl (C=O) groups excluding carboxylic acids is 1. The molecule has 2 saturated heterocycles. The monoisotopic (exact) mass is 710 g/mol. The van der Waals surface area contributed by atoms with Crippen molar-refractivity contribution in [2.45, 2.75) is 95.3 Å². The molecule has 0 radical (unpaired) electrons. The van der Waals surface area contributed by atoms with Crippen molar-refractivity contribution in [3.63, 3.8) is 0 Å². The van der Waals surface area contributed by atoms with Crippen molar-refractivity contribution in [1.29, 1.82) is 0 Å². The quantitative estimate of drug-likeness (QED) is 0.185. The Morgan fingerprint density at radius 1 is 0.900 bits per heavy atom. The molecule has 0 aromatic heterocycles. The first-order valence-corrected chi connectivity index (χ1v) is 19.0. The van der Waals surface area contributed by atoms with Crippen molar-refractivity contribution >= 4 is 15.9 Å². The van der Waals surface area contributed by atoms with Crippen molar-refractivity contribution in [2.24, 2.45) is 5.92 Å². The highest BCUT2D eigenvalue weighted by Gasteiger charge is 2.33. The number of ether oxygens (including phenoxy) is 4. The maximum atomic E-state index is 14.5. The van der Waals surface area contributed by atoms with E-state index in [0.717, 1.165) is 31.2 Å². The van der Waals surface area contributed by atoms with E-state index in [1.54, 1.807) is 25.1 Å². The maximum Gasteiger partial charge on any atom is 0.252 e. The van der Waals surface area contributed by atoms with Gasteiger partial charge in [0, 0.05) is 55.3 Å². The van der Waals surface area contributed by atoms with Gasteiger partial charge in [-0.1, -0.05) is 50.2 Å². The van der Waals surface area contributed by atoms with Crippen LogP contribution in [0.1, 0.15) is 73.9 Å². The average molecular weight is 711 g/mol. The third-order valence-electron chi connectivity index (χ3n) is 8.89. The van der Waals surface area contributed by atoms with Gasteiger partial charge in [0.25, 0.3) is 5.91 Å². The predicted molar refractivity (Wildman–Crippen MR) is 189 cm³/mol. The molecule has 12 heteroatoms. The lowest BCUT2D eigenvalue weighted by Crippen LogP contribution is -2.51. The second kappa shape index (κ2) is 17.5. The van der Waals surface area contributed by atoms with Gasteiger partial charge in [0.2, 0.25) is 10.0 Å². The van der Waals surface area contributed by atoms with Crippen LogP contribution in [0.2, 0.25) is 0 Å². The summed E-state index contributed by atoms with van der Waals surface area (Å²) in [6, 6.07) is 17.8. The smallest absolute Gasteiger partial charge is 0.252 e. The summed E-state index contributed by atoms with van der Waals surface area (Å²) in [6.45, 7) is 6.38. The number of hydrogen-bond acceptors (Lipinski definition) is 9. The molecule has 11 nitrogen and oxygen atoms in total. The van der Waals surface area contributed by atoms with E-state index in [9.17, 15) is 23.4 Å². The molecule has 1 amide bonds. The Balaban J connectivity index is 1.44. The number of carbonyl (C=O) groups is 1. The second-order valence-electron chi connectivity index (χ2n) is 13.5. The van der Waals surface area contributed by atoms with Crippen LogP contribution in [0.4, 0.5) is 0 Å². The zero-order valence-electron chi connectivity index (χ0n) is 29.1. The average Bonchev–Trinajstić information content (AvgIpc) is 3.10. The number of nitrogens with one attached hydrogen (secondary N) is 1. The molecule has 3 aromatic carbocycles. The van der Waals surface area contributed by atoms with E-state index in [0.29, 0.717) is 43.1 Å². The van der Waals surface area contributed by atoms with Gasteiger partial charge >= 0.3 is 0 Å². The number of nitrogens with zero attached hydrogens (tertiary/aromatic N) is 1. The van der Waals surface area contributed by atoms with E-state index in [4.69, 9.17) is 18.9 Å². The molecule has 0 saturated carbocycles. The van der Waals surface area contributed by atoms with Gasteiger partial charge in [0.1, 0.15) is 17.2 Å². The van der Waals surface area contributed by atoms with Crippen LogP contribution in [0.15, 0.2) is 71.6 Å². The molecule has 0 bridgehead atoms. The van der Waals surface area contributed by atoms with Gasteiger partial charge in [-0.05, 0) is 62.6 Å². The zero-order chi connectivity index (χ0) is 35.7. The minimum atomic E-state index is -4.23. The normalized spacial score (nSPS) is 19.6. The molecule has 3 aromatic rings. The van der Waals surface area contributed by atoms with E-state index < -0.39 is 40.7 Å². The van der Waals surface area contributed by atoms with Crippen LogP contribution in [-0.4, -0.2) is 79.9 Å². The summed E-state index contributed by atoms with van der Waals surface area (Å²) in [4.78, 5) is 13.4. The van der Waals surface area contributed by atoms with Crippen LogP contribution in [0.3, 0.4) is 0 Å². The molecule has 4 atom stereocenters. The molecule has 2 aliphatic heterocycles. The van der Waals surface area contributed by atoms with Crippen molar-refractivity contribution in [2.75, 3.05) is 26.3 Å². The highest BCUT2D eigenvalue weighted by atomic mass is 32.2. The molecule has 0 aliphatic carbocycles. The summed E-state index contributed by atoms with van der Waals surface area (Å²) in [5, 5.41) is 24.9. The molecule has 272 valence electrons. The van der Waals surface area contributed by atoms with Gasteiger partial charge in [0.15, 0.2) is 12.6 Å². The molecule has 50 heavy (non-hydrogen) atoms. The summed E-state index contributed by atoms with van der Waals surface area (Å²) in [7, 11) is -4.23. The van der Waals surface area contributed by atoms with Crippen LogP contribution >= 0.6 is 0 Å². The van der Waals surface area contributed by atoms with E-state index in [2.05, 4.69) is 5.32 Å². The Labute approximate surface area is 295 Å². The Bertz CT molecular complexity index is 1620. The molecular formula is C38H50N2O9S. The van der Waals surface area contributed by atoms with Crippen molar-refractivity contribution in [1.82, 2.24) is 9.62 Å². The number of benzene rings is 3. The minimum Gasteiger partial charge on any atom is -0.508 e. The molecule has 0 spiro atoms. The molecule has 2 aliphatic rings. The number of sulfonamides is 1. The third-order valence-corrected chi connectivity index (χ3v) is 10.7. The zero-order valence-corrected chi connectivity index (χ0v) is 29.9. The molecule has 2 unspecified atom stereocenters. The van der Waals surface area contributed by atoms with E-state index >= 15 is 0 Å². The number of amides is 1. The van der Waals surface area contributed by atoms with Crippen LogP contribution in [0.5, 0.6) is 17.2 Å². The number of aliphatic hydroxyl groups excluding tert-OH is 1. The highest BCUT2D eigenvalue weighted by molar-refractivity contribution is 7.89. The van der Waals surface area contributed by atoms with Gasteiger partial charge in [-0.3, -0.25) is 4.79 Å². The summed E-state index contributed by atoms with van der Waals surface area (Å²) in [6.07, 6.45) is 3.04. The molecule has 2 heterocycles. The van der Waals surface area contributed by atoms with Crippen molar-refractivity contribution in [3.8, 4) is 17.2 Å². The lowest BCUT2D eigenvalue weighted by Gasteiger charge is -2.31. The lowest BCUT2D eigenvalue weighted by atomic mass is 9.99. The van der Waals surface area contributed by atoms with Crippen LogP contribution in [0.25, 0.3) is 0 Å². The first kappa shape index (κ1) is 37.6. The standard InChI is InChI=1S/C38H50N2O9S/c1-26(2)24-40(25-35(42)33(20-28-12-5-4-6-13-28)39-38(43)32-14-11-15-34(41)27(32)3)50(44,45)31-22-29(48-36-16-7-9-18-46-36)21-30(23-31)49-37-17-8-10-19-47-37/h4-6,11-15,21-23,26,33,35-37,41-42H,7-10,16-20,24-25H2,1-3H3,(H,39,43)/t33-,35+,36?,37?/m0/s1. The van der Waals surface area contributed by atoms with Crippen molar-refractivity contribution in [3.05, 3.63) is 83.4 Å². The fourth-order valence-corrected chi connectivity index (χ4v) is 7.84. The number of aliphatic hydroxyl groups is 1. The largest absolute Gasteiger partial charge is 0.508 e. The lowest BCUT2D eigenvalue weighted by molar-refractivity contribution is -0.109. The first-order valence-electron chi connectivity index (χ1n) is 17.5. The molecule has 3 N–H and O–H groups in total. The summed E-state index contributed by atoms with van der Waals surface area (Å²) >= 11 is 0. The van der Waals surface area contributed by atoms with Gasteiger partial charge in [0.05, 0.1) is 30.3 Å².